The van der Waals surface area contributed by atoms with Crippen LogP contribution in [-0.4, -0.2) is 26.1 Å². The van der Waals surface area contributed by atoms with Crippen LogP contribution in [0.4, 0.5) is 0 Å². The number of nitrogens with zero attached hydrogens (tertiary/aromatic N) is 1. The van der Waals surface area contributed by atoms with Crippen molar-refractivity contribution in [2.24, 2.45) is 0 Å². The van der Waals surface area contributed by atoms with Crippen LogP contribution < -0.4 is 0 Å². The maximum absolute atomic E-state index is 5.08. The highest BCUT2D eigenvalue weighted by Crippen LogP contribution is 2.04. The molecule has 54 valence electrons. The lowest BCUT2D eigenvalue weighted by atomic mass is 10.3. The standard InChI is InChI=1S/C7H15NO/c1-6(2)7(9-5)8(3)4/h1-5H3. The SMILES string of the molecule is COC(=C(C)C)N(C)C. The quantitative estimate of drug-likeness (QED) is 0.523. The second-order valence-electron chi connectivity index (χ2n) is 2.40. The molecule has 0 aromatic rings. The normalized spacial score (nSPS) is 8.56. The Morgan fingerprint density at radius 2 is 1.67 bits per heavy atom. The van der Waals surface area contributed by atoms with E-state index >= 15 is 0 Å². The van der Waals surface area contributed by atoms with Gasteiger partial charge in [0.25, 0.3) is 0 Å². The van der Waals surface area contributed by atoms with Crippen LogP contribution in [0.15, 0.2) is 11.5 Å². The minimum Gasteiger partial charge on any atom is -0.482 e. The first-order valence-corrected chi connectivity index (χ1v) is 2.98. The molecule has 0 spiro atoms. The van der Waals surface area contributed by atoms with Gasteiger partial charge in [-0.05, 0) is 19.4 Å². The predicted octanol–water partition coefficient (Wildman–Crippen LogP) is 1.45. The summed E-state index contributed by atoms with van der Waals surface area (Å²) in [7, 11) is 5.61. The van der Waals surface area contributed by atoms with Gasteiger partial charge in [0, 0.05) is 14.1 Å². The third-order valence-corrected chi connectivity index (χ3v) is 1.03. The topological polar surface area (TPSA) is 12.5 Å². The van der Waals surface area contributed by atoms with Crippen LogP contribution in [0.25, 0.3) is 0 Å². The molecule has 9 heavy (non-hydrogen) atoms. The van der Waals surface area contributed by atoms with E-state index in [1.807, 2.05) is 32.8 Å². The molecule has 0 fully saturated rings. The van der Waals surface area contributed by atoms with E-state index in [2.05, 4.69) is 0 Å². The maximum atomic E-state index is 5.08. The third kappa shape index (κ3) is 2.40. The smallest absolute Gasteiger partial charge is 0.187 e. The Balaban J connectivity index is 4.16. The average molecular weight is 129 g/mol. The van der Waals surface area contributed by atoms with E-state index in [-0.39, 0.29) is 0 Å². The highest BCUT2D eigenvalue weighted by atomic mass is 16.5. The Kier molecular flexibility index (Phi) is 3.13. The molecule has 0 unspecified atom stereocenters. The minimum absolute atomic E-state index is 0.940. The molecule has 2 heteroatoms. The zero-order chi connectivity index (χ0) is 7.44. The molecule has 0 rings (SSSR count). The van der Waals surface area contributed by atoms with E-state index < -0.39 is 0 Å². The molecule has 0 N–H and O–H groups in total. The van der Waals surface area contributed by atoms with Crippen molar-refractivity contribution in [3.8, 4) is 0 Å². The predicted molar refractivity (Wildman–Crippen MR) is 39.1 cm³/mol. The summed E-state index contributed by atoms with van der Waals surface area (Å²) in [6.07, 6.45) is 0. The van der Waals surface area contributed by atoms with Crippen LogP contribution in [0.1, 0.15) is 13.8 Å². The van der Waals surface area contributed by atoms with Gasteiger partial charge in [0.15, 0.2) is 5.88 Å². The fourth-order valence-electron chi connectivity index (χ4n) is 0.834. The lowest BCUT2D eigenvalue weighted by molar-refractivity contribution is 0.189. The molecule has 0 radical (unpaired) electrons. The number of ether oxygens (including phenoxy) is 1. The number of methoxy groups -OCH3 is 1. The van der Waals surface area contributed by atoms with E-state index in [0.29, 0.717) is 0 Å². The number of hydrogen-bond acceptors (Lipinski definition) is 2. The summed E-state index contributed by atoms with van der Waals surface area (Å²) in [6, 6.07) is 0. The maximum Gasteiger partial charge on any atom is 0.187 e. The van der Waals surface area contributed by atoms with Crippen LogP contribution in [0, 0.1) is 0 Å². The summed E-state index contributed by atoms with van der Waals surface area (Å²) in [6.45, 7) is 4.05. The van der Waals surface area contributed by atoms with Gasteiger partial charge in [-0.2, -0.15) is 0 Å². The van der Waals surface area contributed by atoms with Gasteiger partial charge in [-0.15, -0.1) is 0 Å². The minimum atomic E-state index is 0.940. The van der Waals surface area contributed by atoms with Gasteiger partial charge < -0.3 is 9.64 Å². The van der Waals surface area contributed by atoms with Crippen LogP contribution in [0.2, 0.25) is 0 Å². The summed E-state index contributed by atoms with van der Waals surface area (Å²) >= 11 is 0. The zero-order valence-electron chi connectivity index (χ0n) is 6.86. The van der Waals surface area contributed by atoms with E-state index in [1.165, 1.54) is 5.57 Å². The van der Waals surface area contributed by atoms with Crippen molar-refractivity contribution >= 4 is 0 Å². The van der Waals surface area contributed by atoms with Gasteiger partial charge in [-0.3, -0.25) is 0 Å². The lowest BCUT2D eigenvalue weighted by Crippen LogP contribution is -2.13. The number of rotatable bonds is 2. The van der Waals surface area contributed by atoms with Gasteiger partial charge in [-0.1, -0.05) is 0 Å². The van der Waals surface area contributed by atoms with Gasteiger partial charge in [0.1, 0.15) is 0 Å². The Bertz CT molecular complexity index is 112. The van der Waals surface area contributed by atoms with E-state index in [4.69, 9.17) is 4.74 Å². The molecule has 0 bridgehead atoms. The van der Waals surface area contributed by atoms with Crippen LogP contribution in [-0.2, 0) is 4.74 Å². The highest BCUT2D eigenvalue weighted by Gasteiger charge is 1.98. The number of allylic oxidation sites excluding steroid dienone is 1. The molecule has 0 aliphatic carbocycles. The van der Waals surface area contributed by atoms with Crippen molar-refractivity contribution in [2.75, 3.05) is 21.2 Å². The first-order chi connectivity index (χ1) is 4.09. The molecule has 0 saturated heterocycles. The molecule has 0 amide bonds. The monoisotopic (exact) mass is 129 g/mol. The molecule has 0 aromatic heterocycles. The van der Waals surface area contributed by atoms with E-state index in [1.54, 1.807) is 7.11 Å². The molecule has 0 saturated carbocycles. The van der Waals surface area contributed by atoms with Gasteiger partial charge in [0.2, 0.25) is 0 Å². The Morgan fingerprint density at radius 1 is 1.22 bits per heavy atom. The second-order valence-corrected chi connectivity index (χ2v) is 2.40. The van der Waals surface area contributed by atoms with Crippen molar-refractivity contribution in [3.05, 3.63) is 11.5 Å². The van der Waals surface area contributed by atoms with Gasteiger partial charge in [0.05, 0.1) is 7.11 Å². The third-order valence-electron chi connectivity index (χ3n) is 1.03. The average Bonchev–Trinajstić information content (AvgIpc) is 1.64. The molecule has 2 nitrogen and oxygen atoms in total. The summed E-state index contributed by atoms with van der Waals surface area (Å²) in [5.41, 5.74) is 1.20. The number of hydrogen-bond donors (Lipinski definition) is 0. The molecule has 0 aromatic carbocycles. The summed E-state index contributed by atoms with van der Waals surface area (Å²) in [5.74, 6) is 0.940. The fraction of sp³-hybridized carbons (Fsp3) is 0.714. The molecular formula is C7H15NO. The van der Waals surface area contributed by atoms with Gasteiger partial charge in [-0.25, -0.2) is 0 Å². The van der Waals surface area contributed by atoms with E-state index in [9.17, 15) is 0 Å². The van der Waals surface area contributed by atoms with Crippen LogP contribution in [0.5, 0.6) is 0 Å². The van der Waals surface area contributed by atoms with Crippen molar-refractivity contribution in [3.63, 3.8) is 0 Å². The molecule has 0 aliphatic rings. The zero-order valence-corrected chi connectivity index (χ0v) is 6.86. The first-order valence-electron chi connectivity index (χ1n) is 2.98. The van der Waals surface area contributed by atoms with Crippen LogP contribution >= 0.6 is 0 Å². The van der Waals surface area contributed by atoms with E-state index in [0.717, 1.165) is 5.88 Å². The summed E-state index contributed by atoms with van der Waals surface area (Å²) in [5, 5.41) is 0. The Morgan fingerprint density at radius 3 is 1.67 bits per heavy atom. The lowest BCUT2D eigenvalue weighted by Gasteiger charge is -2.16. The Hall–Kier alpha value is -0.660. The fourth-order valence-corrected chi connectivity index (χ4v) is 0.834. The second kappa shape index (κ2) is 3.38. The largest absolute Gasteiger partial charge is 0.482 e. The van der Waals surface area contributed by atoms with Crippen molar-refractivity contribution in [1.82, 2.24) is 4.90 Å². The van der Waals surface area contributed by atoms with Crippen molar-refractivity contribution < 1.29 is 4.74 Å². The van der Waals surface area contributed by atoms with Gasteiger partial charge >= 0.3 is 0 Å². The summed E-state index contributed by atoms with van der Waals surface area (Å²) < 4.78 is 5.08. The summed E-state index contributed by atoms with van der Waals surface area (Å²) in [4.78, 5) is 1.95. The van der Waals surface area contributed by atoms with Crippen LogP contribution in [0.3, 0.4) is 0 Å². The Labute approximate surface area is 57.1 Å². The molecule has 0 heterocycles. The molecule has 0 aliphatic heterocycles. The molecular weight excluding hydrogens is 114 g/mol. The highest BCUT2D eigenvalue weighted by molar-refractivity contribution is 4.99. The van der Waals surface area contributed by atoms with Crippen molar-refractivity contribution in [2.45, 2.75) is 13.8 Å². The molecule has 0 atom stereocenters. The first kappa shape index (κ1) is 8.34. The van der Waals surface area contributed by atoms with Crippen molar-refractivity contribution in [1.29, 1.82) is 0 Å².